The Kier molecular flexibility index (Phi) is 3.07. The third kappa shape index (κ3) is 2.25. The van der Waals surface area contributed by atoms with E-state index < -0.39 is 9.84 Å². The van der Waals surface area contributed by atoms with Crippen LogP contribution in [0.4, 0.5) is 0 Å². The van der Waals surface area contributed by atoms with Crippen LogP contribution in [0.2, 0.25) is 0 Å². The Morgan fingerprint density at radius 3 is 2.21 bits per heavy atom. The third-order valence-corrected chi connectivity index (χ3v) is 7.94. The SMILES string of the molecule is CC12CCC(C1)C(C)(C)C2NC1CCS(=O)(=O)CC1. The van der Waals surface area contributed by atoms with E-state index in [1.165, 1.54) is 19.3 Å². The fraction of sp³-hybridized carbons (Fsp3) is 1.00. The molecule has 0 aromatic heterocycles. The van der Waals surface area contributed by atoms with Crippen molar-refractivity contribution in [2.24, 2.45) is 16.7 Å². The lowest BCUT2D eigenvalue weighted by Gasteiger charge is -2.45. The molecule has 0 aromatic rings. The molecule has 1 N–H and O–H groups in total. The van der Waals surface area contributed by atoms with Crippen molar-refractivity contribution in [3.63, 3.8) is 0 Å². The average Bonchev–Trinajstić information content (AvgIpc) is 2.77. The zero-order valence-electron chi connectivity index (χ0n) is 12.4. The highest BCUT2D eigenvalue weighted by Gasteiger charge is 2.59. The molecule has 0 aromatic carbocycles. The van der Waals surface area contributed by atoms with Crippen LogP contribution in [0.5, 0.6) is 0 Å². The average molecular weight is 285 g/mol. The van der Waals surface area contributed by atoms with Gasteiger partial charge in [0.05, 0.1) is 11.5 Å². The highest BCUT2D eigenvalue weighted by atomic mass is 32.2. The summed E-state index contributed by atoms with van der Waals surface area (Å²) in [6.07, 6.45) is 5.67. The monoisotopic (exact) mass is 285 g/mol. The van der Waals surface area contributed by atoms with Crippen molar-refractivity contribution in [1.82, 2.24) is 5.32 Å². The van der Waals surface area contributed by atoms with Crippen LogP contribution in [-0.2, 0) is 9.84 Å². The van der Waals surface area contributed by atoms with E-state index in [1.54, 1.807) is 0 Å². The number of hydrogen-bond donors (Lipinski definition) is 1. The first kappa shape index (κ1) is 13.9. The Morgan fingerprint density at radius 2 is 1.68 bits per heavy atom. The van der Waals surface area contributed by atoms with E-state index >= 15 is 0 Å². The second-order valence-corrected chi connectivity index (χ2v) is 10.2. The van der Waals surface area contributed by atoms with Gasteiger partial charge in [-0.05, 0) is 48.9 Å². The Labute approximate surface area is 117 Å². The fourth-order valence-electron chi connectivity index (χ4n) is 5.01. The van der Waals surface area contributed by atoms with Gasteiger partial charge in [0.2, 0.25) is 0 Å². The van der Waals surface area contributed by atoms with Crippen LogP contribution in [0.25, 0.3) is 0 Å². The molecule has 2 bridgehead atoms. The van der Waals surface area contributed by atoms with Gasteiger partial charge >= 0.3 is 0 Å². The van der Waals surface area contributed by atoms with Crippen LogP contribution in [0.3, 0.4) is 0 Å². The Balaban J connectivity index is 1.70. The Hall–Kier alpha value is -0.0900. The summed E-state index contributed by atoms with van der Waals surface area (Å²) in [5.41, 5.74) is 0.799. The minimum absolute atomic E-state index is 0.364. The number of sulfone groups is 1. The molecule has 3 aliphatic rings. The molecule has 0 amide bonds. The molecule has 0 spiro atoms. The Bertz CT molecular complexity index is 452. The van der Waals surface area contributed by atoms with Crippen LogP contribution in [0.15, 0.2) is 0 Å². The molecule has 19 heavy (non-hydrogen) atoms. The molecular weight excluding hydrogens is 258 g/mol. The summed E-state index contributed by atoms with van der Waals surface area (Å²) in [6.45, 7) is 7.23. The van der Waals surface area contributed by atoms with Gasteiger partial charge in [-0.3, -0.25) is 0 Å². The lowest BCUT2D eigenvalue weighted by Crippen LogP contribution is -2.55. The molecule has 3 unspecified atom stereocenters. The Morgan fingerprint density at radius 1 is 1.05 bits per heavy atom. The molecule has 2 saturated carbocycles. The number of nitrogens with one attached hydrogen (secondary N) is 1. The largest absolute Gasteiger partial charge is 0.310 e. The summed E-state index contributed by atoms with van der Waals surface area (Å²) in [5, 5.41) is 3.85. The molecule has 3 nitrogen and oxygen atoms in total. The molecule has 4 heteroatoms. The van der Waals surface area contributed by atoms with E-state index in [-0.39, 0.29) is 0 Å². The number of hydrogen-bond acceptors (Lipinski definition) is 3. The summed E-state index contributed by atoms with van der Waals surface area (Å²) >= 11 is 0. The van der Waals surface area contributed by atoms with Crippen molar-refractivity contribution in [1.29, 1.82) is 0 Å². The van der Waals surface area contributed by atoms with Crippen molar-refractivity contribution in [2.75, 3.05) is 11.5 Å². The van der Waals surface area contributed by atoms with E-state index in [0.29, 0.717) is 34.4 Å². The minimum Gasteiger partial charge on any atom is -0.310 e. The predicted molar refractivity (Wildman–Crippen MR) is 77.8 cm³/mol. The second kappa shape index (κ2) is 4.20. The van der Waals surface area contributed by atoms with Gasteiger partial charge in [-0.15, -0.1) is 0 Å². The van der Waals surface area contributed by atoms with Crippen LogP contribution >= 0.6 is 0 Å². The fourth-order valence-corrected chi connectivity index (χ4v) is 6.50. The molecule has 0 radical (unpaired) electrons. The van der Waals surface area contributed by atoms with Crippen molar-refractivity contribution in [3.8, 4) is 0 Å². The maximum atomic E-state index is 11.5. The molecule has 1 heterocycles. The van der Waals surface area contributed by atoms with Gasteiger partial charge in [-0.2, -0.15) is 0 Å². The molecule has 110 valence electrons. The van der Waals surface area contributed by atoms with Gasteiger partial charge in [0.1, 0.15) is 9.84 Å². The van der Waals surface area contributed by atoms with E-state index in [2.05, 4.69) is 26.1 Å². The van der Waals surface area contributed by atoms with Gasteiger partial charge in [-0.1, -0.05) is 20.8 Å². The normalized spacial score (nSPS) is 44.6. The summed E-state index contributed by atoms with van der Waals surface area (Å²) in [5.74, 6) is 1.60. The van der Waals surface area contributed by atoms with Gasteiger partial charge in [0, 0.05) is 12.1 Å². The molecule has 2 aliphatic carbocycles. The standard InChI is InChI=1S/C15H27NO2S/c1-14(2)11-4-7-15(3,10-11)13(14)16-12-5-8-19(17,18)9-6-12/h11-13,16H,4-10H2,1-3H3. The second-order valence-electron chi connectivity index (χ2n) is 7.94. The highest BCUT2D eigenvalue weighted by Crippen LogP contribution is 2.62. The predicted octanol–water partition coefficient (Wildman–Crippen LogP) is 2.37. The van der Waals surface area contributed by atoms with Gasteiger partial charge in [0.25, 0.3) is 0 Å². The van der Waals surface area contributed by atoms with Gasteiger partial charge in [0.15, 0.2) is 0 Å². The quantitative estimate of drug-likeness (QED) is 0.847. The maximum absolute atomic E-state index is 11.5. The van der Waals surface area contributed by atoms with Crippen LogP contribution < -0.4 is 5.32 Å². The zero-order valence-corrected chi connectivity index (χ0v) is 13.2. The molecular formula is C15H27NO2S. The molecule has 1 aliphatic heterocycles. The van der Waals surface area contributed by atoms with E-state index in [0.717, 1.165) is 18.8 Å². The van der Waals surface area contributed by atoms with Gasteiger partial charge in [-0.25, -0.2) is 8.42 Å². The minimum atomic E-state index is -2.74. The van der Waals surface area contributed by atoms with Crippen LogP contribution in [0, 0.1) is 16.7 Å². The summed E-state index contributed by atoms with van der Waals surface area (Å²) < 4.78 is 23.0. The van der Waals surface area contributed by atoms with Crippen LogP contribution in [-0.4, -0.2) is 32.0 Å². The smallest absolute Gasteiger partial charge is 0.150 e. The maximum Gasteiger partial charge on any atom is 0.150 e. The summed E-state index contributed by atoms with van der Waals surface area (Å²) in [6, 6.07) is 0.966. The lowest BCUT2D eigenvalue weighted by atomic mass is 9.68. The first-order valence-electron chi connectivity index (χ1n) is 7.69. The van der Waals surface area contributed by atoms with Crippen molar-refractivity contribution in [2.45, 2.75) is 65.0 Å². The van der Waals surface area contributed by atoms with E-state index in [4.69, 9.17) is 0 Å². The number of fused-ring (bicyclic) bond motifs is 2. The first-order valence-corrected chi connectivity index (χ1v) is 9.52. The van der Waals surface area contributed by atoms with Crippen molar-refractivity contribution < 1.29 is 8.42 Å². The van der Waals surface area contributed by atoms with Crippen LogP contribution in [0.1, 0.15) is 52.9 Å². The molecule has 3 fully saturated rings. The lowest BCUT2D eigenvalue weighted by molar-refractivity contribution is 0.0967. The van der Waals surface area contributed by atoms with Crippen molar-refractivity contribution in [3.05, 3.63) is 0 Å². The molecule has 3 atom stereocenters. The first-order chi connectivity index (χ1) is 8.73. The van der Waals surface area contributed by atoms with E-state index in [9.17, 15) is 8.42 Å². The van der Waals surface area contributed by atoms with Gasteiger partial charge < -0.3 is 5.32 Å². The zero-order chi connectivity index (χ0) is 13.9. The highest BCUT2D eigenvalue weighted by molar-refractivity contribution is 7.91. The summed E-state index contributed by atoms with van der Waals surface area (Å²) in [7, 11) is -2.74. The van der Waals surface area contributed by atoms with E-state index in [1.807, 2.05) is 0 Å². The summed E-state index contributed by atoms with van der Waals surface area (Å²) in [4.78, 5) is 0. The third-order valence-electron chi connectivity index (χ3n) is 6.23. The van der Waals surface area contributed by atoms with Crippen molar-refractivity contribution >= 4 is 9.84 Å². The topological polar surface area (TPSA) is 46.2 Å². The molecule has 3 rings (SSSR count). The number of rotatable bonds is 2. The molecule has 1 saturated heterocycles.